The van der Waals surface area contributed by atoms with Crippen LogP contribution in [0.2, 0.25) is 0 Å². The number of thiazole rings is 1. The maximum atomic E-state index is 14.2. The van der Waals surface area contributed by atoms with Gasteiger partial charge in [-0.15, -0.1) is 11.3 Å². The molecule has 0 bridgehead atoms. The number of Topliss-reactive ketones (excluding diaryl/α,β-unsaturated/α-hetero) is 1. The van der Waals surface area contributed by atoms with Gasteiger partial charge in [-0.1, -0.05) is 57.0 Å². The molecule has 12 nitrogen and oxygen atoms in total. The number of esters is 2. The van der Waals surface area contributed by atoms with Crippen LogP contribution in [0.3, 0.4) is 0 Å². The molecule has 6 atom stereocenters. The van der Waals surface area contributed by atoms with E-state index in [0.29, 0.717) is 31.1 Å². The van der Waals surface area contributed by atoms with Crippen LogP contribution in [-0.2, 0) is 39.8 Å². The van der Waals surface area contributed by atoms with E-state index in [9.17, 15) is 24.0 Å². The van der Waals surface area contributed by atoms with Crippen molar-refractivity contribution in [3.05, 3.63) is 51.5 Å². The number of carbonyl (C=O) groups is 5. The molecule has 2 aliphatic rings. The van der Waals surface area contributed by atoms with Crippen molar-refractivity contribution in [2.45, 2.75) is 104 Å². The number of rotatable bonds is 18. The third kappa shape index (κ3) is 11.7. The second kappa shape index (κ2) is 19.6. The Bertz CT molecular complexity index is 1560. The molecule has 0 spiro atoms. The van der Waals surface area contributed by atoms with Crippen LogP contribution in [-0.4, -0.2) is 103 Å². The third-order valence-electron chi connectivity index (χ3n) is 10.7. The number of hydrogen-bond donors (Lipinski definition) is 1. The standard InChI is InChI=1S/C40H58N4O8S/c1-24(2)34(44(7)39(48)31(29-21-51-22-29)19-35(46)33-11-9-10-16-43(33)6)20-36(52-27(5)45)38-42-32(23-53-38)37(47)41-30(17-26(4)40(49)50-8)18-28-14-12-25(3)13-15-28/h12-15,23-24,26,29-31,33-34,36H,9-11,16-22H2,1-8H3,(H,41,47)/t26-,30+,31-,33+,34+,36+/m0/s1. The number of piperidine rings is 1. The Morgan fingerprint density at radius 2 is 1.77 bits per heavy atom. The molecule has 1 N–H and O–H groups in total. The lowest BCUT2D eigenvalue weighted by atomic mass is 9.82. The minimum absolute atomic E-state index is 0.0254. The number of nitrogens with one attached hydrogen (secondary N) is 1. The Hall–Kier alpha value is -3.68. The minimum atomic E-state index is -0.813. The van der Waals surface area contributed by atoms with Crippen molar-refractivity contribution in [2.24, 2.45) is 23.7 Å². The Morgan fingerprint density at radius 1 is 1.08 bits per heavy atom. The van der Waals surface area contributed by atoms with Gasteiger partial charge in [-0.3, -0.25) is 28.9 Å². The van der Waals surface area contributed by atoms with Gasteiger partial charge in [-0.2, -0.15) is 0 Å². The Morgan fingerprint density at radius 3 is 2.36 bits per heavy atom. The molecule has 1 aromatic carbocycles. The van der Waals surface area contributed by atoms with Crippen LogP contribution in [0.25, 0.3) is 0 Å². The molecular formula is C40H58N4O8S. The maximum Gasteiger partial charge on any atom is 0.308 e. The molecule has 2 fully saturated rings. The summed E-state index contributed by atoms with van der Waals surface area (Å²) in [5.74, 6) is -2.30. The summed E-state index contributed by atoms with van der Waals surface area (Å²) < 4.78 is 16.2. The van der Waals surface area contributed by atoms with Crippen molar-refractivity contribution < 1.29 is 38.2 Å². The zero-order valence-corrected chi connectivity index (χ0v) is 33.4. The lowest BCUT2D eigenvalue weighted by Crippen LogP contribution is -2.51. The van der Waals surface area contributed by atoms with Crippen molar-refractivity contribution in [2.75, 3.05) is 41.0 Å². The highest BCUT2D eigenvalue weighted by molar-refractivity contribution is 7.09. The Balaban J connectivity index is 1.50. The van der Waals surface area contributed by atoms with E-state index in [1.807, 2.05) is 52.1 Å². The molecular weight excluding hydrogens is 697 g/mol. The third-order valence-corrected chi connectivity index (χ3v) is 11.6. The molecule has 2 amide bonds. The van der Waals surface area contributed by atoms with Crippen molar-refractivity contribution >= 4 is 40.9 Å². The fourth-order valence-corrected chi connectivity index (χ4v) is 8.26. The number of likely N-dealkylation sites (tertiary alicyclic amines) is 1. The van der Waals surface area contributed by atoms with Crippen LogP contribution in [0.1, 0.15) is 98.9 Å². The molecule has 292 valence electrons. The molecule has 4 rings (SSSR count). The lowest BCUT2D eigenvalue weighted by Gasteiger charge is -2.40. The number of benzene rings is 1. The van der Waals surface area contributed by atoms with Gasteiger partial charge in [-0.05, 0) is 57.7 Å². The fourth-order valence-electron chi connectivity index (χ4n) is 7.42. The minimum Gasteiger partial charge on any atom is -0.469 e. The zero-order chi connectivity index (χ0) is 38.8. The first-order valence-corrected chi connectivity index (χ1v) is 19.7. The van der Waals surface area contributed by atoms with Gasteiger partial charge < -0.3 is 24.4 Å². The van der Waals surface area contributed by atoms with Crippen LogP contribution in [0.5, 0.6) is 0 Å². The molecule has 2 aromatic rings. The Kier molecular flexibility index (Phi) is 15.5. The number of hydrogen-bond acceptors (Lipinski definition) is 11. The highest BCUT2D eigenvalue weighted by Gasteiger charge is 2.41. The predicted octanol–water partition coefficient (Wildman–Crippen LogP) is 5.18. The van der Waals surface area contributed by atoms with E-state index < -0.39 is 29.8 Å². The predicted molar refractivity (Wildman–Crippen MR) is 202 cm³/mol. The van der Waals surface area contributed by atoms with E-state index in [4.69, 9.17) is 14.2 Å². The number of ether oxygens (including phenoxy) is 3. The number of likely N-dealkylation sites (N-methyl/N-ethyl adjacent to an activating group) is 1. The van der Waals surface area contributed by atoms with E-state index >= 15 is 0 Å². The number of carbonyl (C=O) groups excluding carboxylic acids is 5. The molecule has 0 radical (unpaired) electrons. The van der Waals surface area contributed by atoms with E-state index in [1.165, 1.54) is 25.4 Å². The average molecular weight is 755 g/mol. The summed E-state index contributed by atoms with van der Waals surface area (Å²) in [5, 5.41) is 5.14. The molecule has 1 aromatic heterocycles. The number of ketones is 1. The van der Waals surface area contributed by atoms with Gasteiger partial charge in [0.2, 0.25) is 5.91 Å². The monoisotopic (exact) mass is 754 g/mol. The molecule has 0 unspecified atom stereocenters. The second-order valence-electron chi connectivity index (χ2n) is 15.3. The van der Waals surface area contributed by atoms with Gasteiger partial charge in [0.05, 0.1) is 38.2 Å². The SMILES string of the molecule is COC(=O)[C@@H](C)C[C@H](Cc1ccc(C)cc1)NC(=O)c1csc([C@@H](C[C@H](C(C)C)N(C)C(=O)[C@@H](CC(=O)[C@H]2CCCCN2C)C2COC2)OC(C)=O)n1. The molecule has 53 heavy (non-hydrogen) atoms. The second-order valence-corrected chi connectivity index (χ2v) is 16.1. The summed E-state index contributed by atoms with van der Waals surface area (Å²) in [6.45, 7) is 10.9. The normalized spacial score (nSPS) is 19.3. The fraction of sp³-hybridized carbons (Fsp3) is 0.650. The van der Waals surface area contributed by atoms with Gasteiger partial charge in [-0.25, -0.2) is 4.98 Å². The number of aryl methyl sites for hydroxylation is 1. The summed E-state index contributed by atoms with van der Waals surface area (Å²) in [6.07, 6.45) is 3.36. The van der Waals surface area contributed by atoms with Crippen molar-refractivity contribution in [1.29, 1.82) is 0 Å². The lowest BCUT2D eigenvalue weighted by molar-refractivity contribution is -0.153. The molecule has 3 heterocycles. The largest absolute Gasteiger partial charge is 0.469 e. The Labute approximate surface area is 318 Å². The summed E-state index contributed by atoms with van der Waals surface area (Å²) in [7, 11) is 5.08. The summed E-state index contributed by atoms with van der Waals surface area (Å²) >= 11 is 1.21. The highest BCUT2D eigenvalue weighted by Crippen LogP contribution is 2.34. The molecule has 0 aliphatic carbocycles. The van der Waals surface area contributed by atoms with Gasteiger partial charge >= 0.3 is 11.9 Å². The molecule has 2 saturated heterocycles. The van der Waals surface area contributed by atoms with Gasteiger partial charge in [0.15, 0.2) is 11.9 Å². The van der Waals surface area contributed by atoms with Crippen LogP contribution >= 0.6 is 11.3 Å². The van der Waals surface area contributed by atoms with E-state index in [2.05, 4.69) is 15.2 Å². The number of amides is 2. The van der Waals surface area contributed by atoms with Crippen LogP contribution < -0.4 is 5.32 Å². The first kappa shape index (κ1) is 42.1. The highest BCUT2D eigenvalue weighted by atomic mass is 32.1. The number of aromatic nitrogens is 1. The number of methoxy groups -OCH3 is 1. The zero-order valence-electron chi connectivity index (χ0n) is 32.6. The summed E-state index contributed by atoms with van der Waals surface area (Å²) in [6, 6.07) is 7.11. The molecule has 13 heteroatoms. The first-order chi connectivity index (χ1) is 25.2. The summed E-state index contributed by atoms with van der Waals surface area (Å²) in [5.41, 5.74) is 2.31. The van der Waals surface area contributed by atoms with Crippen molar-refractivity contribution in [3.8, 4) is 0 Å². The molecule has 0 saturated carbocycles. The maximum absolute atomic E-state index is 14.2. The van der Waals surface area contributed by atoms with Crippen LogP contribution in [0.4, 0.5) is 0 Å². The van der Waals surface area contributed by atoms with Crippen molar-refractivity contribution in [3.63, 3.8) is 0 Å². The summed E-state index contributed by atoms with van der Waals surface area (Å²) in [4.78, 5) is 74.5. The van der Waals surface area contributed by atoms with E-state index in [1.54, 1.807) is 24.3 Å². The van der Waals surface area contributed by atoms with Crippen LogP contribution in [0, 0.1) is 30.6 Å². The number of nitrogens with zero attached hydrogens (tertiary/aromatic N) is 3. The smallest absolute Gasteiger partial charge is 0.308 e. The first-order valence-electron chi connectivity index (χ1n) is 18.8. The van der Waals surface area contributed by atoms with Crippen LogP contribution in [0.15, 0.2) is 29.6 Å². The molecule has 2 aliphatic heterocycles. The topological polar surface area (TPSA) is 144 Å². The van der Waals surface area contributed by atoms with E-state index in [-0.39, 0.29) is 66.2 Å². The van der Waals surface area contributed by atoms with Gasteiger partial charge in [0.1, 0.15) is 10.7 Å². The van der Waals surface area contributed by atoms with Crippen molar-refractivity contribution in [1.82, 2.24) is 20.1 Å². The average Bonchev–Trinajstić information content (AvgIpc) is 3.59. The van der Waals surface area contributed by atoms with Gasteiger partial charge in [0.25, 0.3) is 5.91 Å². The van der Waals surface area contributed by atoms with Gasteiger partial charge in [0, 0.05) is 50.2 Å². The van der Waals surface area contributed by atoms with E-state index in [0.717, 1.165) is 36.9 Å². The quantitative estimate of drug-likeness (QED) is 0.202.